The molecule has 2 rings (SSSR count). The fraction of sp³-hybridized carbons (Fsp3) is 0.500. The first-order chi connectivity index (χ1) is 9.24. The first kappa shape index (κ1) is 13.4. The van der Waals surface area contributed by atoms with Crippen LogP contribution < -0.4 is 10.1 Å². The van der Waals surface area contributed by atoms with Gasteiger partial charge in [-0.3, -0.25) is 0 Å². The Labute approximate surface area is 111 Å². The van der Waals surface area contributed by atoms with Crippen molar-refractivity contribution < 1.29 is 9.26 Å². The number of ether oxygens (including phenoxy) is 1. The van der Waals surface area contributed by atoms with Crippen LogP contribution in [0.3, 0.4) is 0 Å². The third-order valence-electron chi connectivity index (χ3n) is 2.64. The van der Waals surface area contributed by atoms with Gasteiger partial charge in [-0.05, 0) is 12.6 Å². The average Bonchev–Trinajstić information content (AvgIpc) is 2.94. The van der Waals surface area contributed by atoms with Gasteiger partial charge in [-0.15, -0.1) is 10.2 Å². The maximum atomic E-state index is 5.23. The molecule has 19 heavy (non-hydrogen) atoms. The van der Waals surface area contributed by atoms with Gasteiger partial charge < -0.3 is 14.6 Å². The van der Waals surface area contributed by atoms with E-state index >= 15 is 0 Å². The monoisotopic (exact) mass is 263 g/mol. The van der Waals surface area contributed by atoms with Gasteiger partial charge in [-0.2, -0.15) is 4.98 Å². The molecule has 0 fully saturated rings. The molecule has 1 N–H and O–H groups in total. The highest BCUT2D eigenvalue weighted by molar-refractivity contribution is 5.47. The topological polar surface area (TPSA) is 86.0 Å². The van der Waals surface area contributed by atoms with E-state index in [1.54, 1.807) is 19.2 Å². The van der Waals surface area contributed by atoms with Gasteiger partial charge in [0.25, 0.3) is 0 Å². The summed E-state index contributed by atoms with van der Waals surface area (Å²) in [6, 6.07) is 3.45. The third-order valence-corrected chi connectivity index (χ3v) is 2.64. The van der Waals surface area contributed by atoms with Gasteiger partial charge in [0.05, 0.1) is 7.11 Å². The van der Waals surface area contributed by atoms with Crippen LogP contribution in [0.2, 0.25) is 0 Å². The zero-order valence-corrected chi connectivity index (χ0v) is 11.3. The molecule has 0 aromatic carbocycles. The van der Waals surface area contributed by atoms with Crippen molar-refractivity contribution in [3.05, 3.63) is 18.0 Å². The van der Waals surface area contributed by atoms with E-state index in [2.05, 4.69) is 32.6 Å². The molecule has 0 aliphatic heterocycles. The molecular weight excluding hydrogens is 246 g/mol. The molecule has 0 spiro atoms. The Kier molecular flexibility index (Phi) is 4.40. The van der Waals surface area contributed by atoms with Gasteiger partial charge in [0, 0.05) is 18.5 Å². The van der Waals surface area contributed by atoms with E-state index in [-0.39, 0.29) is 5.92 Å². The molecule has 7 nitrogen and oxygen atoms in total. The predicted molar refractivity (Wildman–Crippen MR) is 68.8 cm³/mol. The summed E-state index contributed by atoms with van der Waals surface area (Å²) in [4.78, 5) is 4.33. The highest BCUT2D eigenvalue weighted by Gasteiger charge is 2.15. The van der Waals surface area contributed by atoms with Crippen LogP contribution in [0.5, 0.6) is 5.88 Å². The maximum Gasteiger partial charge on any atom is 0.233 e. The lowest BCUT2D eigenvalue weighted by atomic mass is 10.2. The van der Waals surface area contributed by atoms with E-state index in [4.69, 9.17) is 9.26 Å². The minimum atomic E-state index is 0.160. The van der Waals surface area contributed by atoms with Crippen molar-refractivity contribution in [1.29, 1.82) is 0 Å². The lowest BCUT2D eigenvalue weighted by molar-refractivity contribution is 0.355. The molecule has 0 amide bonds. The first-order valence-corrected chi connectivity index (χ1v) is 6.17. The smallest absolute Gasteiger partial charge is 0.233 e. The zero-order chi connectivity index (χ0) is 13.7. The minimum Gasteiger partial charge on any atom is -0.480 e. The normalized spacial score (nSPS) is 12.4. The third kappa shape index (κ3) is 3.25. The molecule has 2 heterocycles. The summed E-state index contributed by atoms with van der Waals surface area (Å²) in [5.74, 6) is 1.64. The average molecular weight is 263 g/mol. The van der Waals surface area contributed by atoms with Crippen LogP contribution in [0.4, 0.5) is 0 Å². The molecule has 0 aliphatic rings. The number of aromatic nitrogens is 4. The van der Waals surface area contributed by atoms with Crippen LogP contribution in [-0.4, -0.2) is 40.5 Å². The van der Waals surface area contributed by atoms with Crippen molar-refractivity contribution in [1.82, 2.24) is 25.7 Å². The summed E-state index contributed by atoms with van der Waals surface area (Å²) in [5.41, 5.74) is 0.562. The Bertz CT molecular complexity index is 511. The zero-order valence-electron chi connectivity index (χ0n) is 11.3. The fourth-order valence-corrected chi connectivity index (χ4v) is 1.54. The van der Waals surface area contributed by atoms with Crippen molar-refractivity contribution in [2.45, 2.75) is 19.8 Å². The van der Waals surface area contributed by atoms with E-state index in [0.717, 1.165) is 13.1 Å². The van der Waals surface area contributed by atoms with Crippen LogP contribution >= 0.6 is 0 Å². The van der Waals surface area contributed by atoms with E-state index in [0.29, 0.717) is 23.3 Å². The van der Waals surface area contributed by atoms with Gasteiger partial charge in [0.1, 0.15) is 5.69 Å². The predicted octanol–water partition coefficient (Wildman–Crippen LogP) is 1.25. The Hall–Kier alpha value is -2.02. The summed E-state index contributed by atoms with van der Waals surface area (Å²) in [7, 11) is 1.54. The molecule has 2 aromatic rings. The Morgan fingerprint density at radius 3 is 2.84 bits per heavy atom. The summed E-state index contributed by atoms with van der Waals surface area (Å²) < 4.78 is 10.2. The molecule has 0 saturated heterocycles. The number of nitrogens with zero attached hydrogens (tertiary/aromatic N) is 4. The molecule has 1 unspecified atom stereocenters. The largest absolute Gasteiger partial charge is 0.480 e. The molecule has 0 saturated carbocycles. The summed E-state index contributed by atoms with van der Waals surface area (Å²) in [5, 5.41) is 15.0. The maximum absolute atomic E-state index is 5.23. The first-order valence-electron chi connectivity index (χ1n) is 6.17. The van der Waals surface area contributed by atoms with Crippen molar-refractivity contribution in [3.8, 4) is 17.4 Å². The highest BCUT2D eigenvalue weighted by atomic mass is 16.5. The highest BCUT2D eigenvalue weighted by Crippen LogP contribution is 2.18. The van der Waals surface area contributed by atoms with E-state index in [1.165, 1.54) is 0 Å². The van der Waals surface area contributed by atoms with E-state index in [1.807, 2.05) is 6.92 Å². The molecule has 2 aromatic heterocycles. The number of hydrogen-bond donors (Lipinski definition) is 1. The SMILES string of the molecule is CCNCC(C)c1nc(-c2ccc(OC)nn2)no1. The molecule has 102 valence electrons. The van der Waals surface area contributed by atoms with Crippen LogP contribution in [0.1, 0.15) is 25.7 Å². The fourth-order valence-electron chi connectivity index (χ4n) is 1.54. The van der Waals surface area contributed by atoms with Gasteiger partial charge in [0.2, 0.25) is 17.6 Å². The van der Waals surface area contributed by atoms with Crippen molar-refractivity contribution in [2.24, 2.45) is 0 Å². The second kappa shape index (κ2) is 6.24. The van der Waals surface area contributed by atoms with Crippen LogP contribution in [-0.2, 0) is 0 Å². The van der Waals surface area contributed by atoms with Crippen molar-refractivity contribution in [2.75, 3.05) is 20.2 Å². The molecule has 0 radical (unpaired) electrons. The summed E-state index contributed by atoms with van der Waals surface area (Å²) in [6.07, 6.45) is 0. The van der Waals surface area contributed by atoms with Gasteiger partial charge in [-0.25, -0.2) is 0 Å². The van der Waals surface area contributed by atoms with Crippen LogP contribution in [0, 0.1) is 0 Å². The molecule has 0 aliphatic carbocycles. The van der Waals surface area contributed by atoms with Crippen LogP contribution in [0.15, 0.2) is 16.7 Å². The summed E-state index contributed by atoms with van der Waals surface area (Å²) >= 11 is 0. The Balaban J connectivity index is 2.11. The summed E-state index contributed by atoms with van der Waals surface area (Å²) in [6.45, 7) is 5.79. The molecular formula is C12H17N5O2. The quantitative estimate of drug-likeness (QED) is 0.839. The van der Waals surface area contributed by atoms with Gasteiger partial charge >= 0.3 is 0 Å². The Morgan fingerprint density at radius 1 is 1.37 bits per heavy atom. The molecule has 1 atom stereocenters. The standard InChI is InChI=1S/C12H17N5O2/c1-4-13-7-8(2)12-14-11(17-19-12)9-5-6-10(18-3)16-15-9/h5-6,8,13H,4,7H2,1-3H3. The van der Waals surface area contributed by atoms with Gasteiger partial charge in [0.15, 0.2) is 0 Å². The second-order valence-corrected chi connectivity index (χ2v) is 4.13. The van der Waals surface area contributed by atoms with E-state index in [9.17, 15) is 0 Å². The second-order valence-electron chi connectivity index (χ2n) is 4.13. The number of hydrogen-bond acceptors (Lipinski definition) is 7. The molecule has 7 heteroatoms. The van der Waals surface area contributed by atoms with Crippen LogP contribution in [0.25, 0.3) is 11.5 Å². The van der Waals surface area contributed by atoms with Gasteiger partial charge in [-0.1, -0.05) is 19.0 Å². The molecule has 0 bridgehead atoms. The number of methoxy groups -OCH3 is 1. The van der Waals surface area contributed by atoms with Crippen molar-refractivity contribution >= 4 is 0 Å². The Morgan fingerprint density at radius 2 is 2.21 bits per heavy atom. The number of nitrogens with one attached hydrogen (secondary N) is 1. The van der Waals surface area contributed by atoms with Crippen molar-refractivity contribution in [3.63, 3.8) is 0 Å². The van der Waals surface area contributed by atoms with E-state index < -0.39 is 0 Å². The lowest BCUT2D eigenvalue weighted by Crippen LogP contribution is -2.19. The lowest BCUT2D eigenvalue weighted by Gasteiger charge is -2.05. The number of rotatable bonds is 6. The number of likely N-dealkylation sites (N-methyl/N-ethyl adjacent to an activating group) is 1. The minimum absolute atomic E-state index is 0.160.